The van der Waals surface area contributed by atoms with Crippen molar-refractivity contribution in [2.45, 2.75) is 31.2 Å². The Morgan fingerprint density at radius 3 is 2.86 bits per heavy atom. The summed E-state index contributed by atoms with van der Waals surface area (Å²) in [6.07, 6.45) is 3.55. The summed E-state index contributed by atoms with van der Waals surface area (Å²) in [5, 5.41) is 4.01. The van der Waals surface area contributed by atoms with Gasteiger partial charge in [0, 0.05) is 16.1 Å². The first-order valence-electron chi connectivity index (χ1n) is 7.18. The molecule has 0 spiro atoms. The van der Waals surface area contributed by atoms with Gasteiger partial charge in [0.15, 0.2) is 0 Å². The van der Waals surface area contributed by atoms with Gasteiger partial charge in [-0.1, -0.05) is 21.1 Å². The standard InChI is InChI=1S/C15H15BrFN3O/c16-11-4-3-9(17)6-10(11)14-19-15(21-20-14)12-7-1-2-8(5-7)13(12)18/h3-4,6-8,12-13H,1-2,5,18H2. The predicted octanol–water partition coefficient (Wildman–Crippen LogP) is 3.48. The van der Waals surface area contributed by atoms with Gasteiger partial charge in [0.05, 0.1) is 5.92 Å². The Balaban J connectivity index is 1.69. The van der Waals surface area contributed by atoms with E-state index in [9.17, 15) is 4.39 Å². The molecule has 4 rings (SSSR count). The van der Waals surface area contributed by atoms with E-state index in [4.69, 9.17) is 10.3 Å². The third-order valence-corrected chi connectivity index (χ3v) is 5.57. The van der Waals surface area contributed by atoms with Crippen molar-refractivity contribution in [3.05, 3.63) is 34.4 Å². The van der Waals surface area contributed by atoms with Crippen molar-refractivity contribution in [2.75, 3.05) is 0 Å². The zero-order valence-corrected chi connectivity index (χ0v) is 12.9. The van der Waals surface area contributed by atoms with Crippen LogP contribution in [0.3, 0.4) is 0 Å². The molecule has 6 heteroatoms. The smallest absolute Gasteiger partial charge is 0.231 e. The first-order chi connectivity index (χ1) is 10.1. The minimum absolute atomic E-state index is 0.105. The van der Waals surface area contributed by atoms with E-state index < -0.39 is 0 Å². The van der Waals surface area contributed by atoms with Crippen molar-refractivity contribution in [1.29, 1.82) is 0 Å². The van der Waals surface area contributed by atoms with Crippen LogP contribution >= 0.6 is 15.9 Å². The maximum atomic E-state index is 13.4. The second kappa shape index (κ2) is 4.88. The summed E-state index contributed by atoms with van der Waals surface area (Å²) in [6.45, 7) is 0. The number of aromatic nitrogens is 2. The average Bonchev–Trinajstić information content (AvgIpc) is 3.16. The third-order valence-electron chi connectivity index (χ3n) is 4.88. The number of fused-ring (bicyclic) bond motifs is 2. The van der Waals surface area contributed by atoms with Gasteiger partial charge in [0.25, 0.3) is 0 Å². The first kappa shape index (κ1) is 13.4. The third kappa shape index (κ3) is 2.12. The van der Waals surface area contributed by atoms with E-state index in [1.165, 1.54) is 25.0 Å². The molecule has 1 aromatic carbocycles. The van der Waals surface area contributed by atoms with Crippen molar-refractivity contribution in [1.82, 2.24) is 10.1 Å². The van der Waals surface area contributed by atoms with Gasteiger partial charge in [-0.3, -0.25) is 0 Å². The maximum absolute atomic E-state index is 13.4. The van der Waals surface area contributed by atoms with Crippen LogP contribution in [-0.4, -0.2) is 16.2 Å². The summed E-state index contributed by atoms with van der Waals surface area (Å²) in [4.78, 5) is 4.48. The highest BCUT2D eigenvalue weighted by Gasteiger charge is 2.48. The van der Waals surface area contributed by atoms with Crippen LogP contribution in [0.25, 0.3) is 11.4 Å². The second-order valence-electron chi connectivity index (χ2n) is 6.02. The molecular formula is C15H15BrFN3O. The van der Waals surface area contributed by atoms with Crippen LogP contribution in [0.15, 0.2) is 27.2 Å². The average molecular weight is 352 g/mol. The number of nitrogens with two attached hydrogens (primary N) is 1. The molecule has 0 aliphatic heterocycles. The fraction of sp³-hybridized carbons (Fsp3) is 0.467. The van der Waals surface area contributed by atoms with Crippen molar-refractivity contribution < 1.29 is 8.91 Å². The van der Waals surface area contributed by atoms with Gasteiger partial charge in [0.2, 0.25) is 11.7 Å². The van der Waals surface area contributed by atoms with E-state index in [0.717, 1.165) is 10.9 Å². The van der Waals surface area contributed by atoms with Gasteiger partial charge in [-0.15, -0.1) is 0 Å². The fourth-order valence-electron chi connectivity index (χ4n) is 3.85. The number of benzene rings is 1. The molecule has 2 N–H and O–H groups in total. The van der Waals surface area contributed by atoms with E-state index >= 15 is 0 Å². The van der Waals surface area contributed by atoms with Crippen molar-refractivity contribution >= 4 is 15.9 Å². The molecular weight excluding hydrogens is 337 g/mol. The Morgan fingerprint density at radius 2 is 2.10 bits per heavy atom. The van der Waals surface area contributed by atoms with Crippen LogP contribution in [0.4, 0.5) is 4.39 Å². The largest absolute Gasteiger partial charge is 0.339 e. The van der Waals surface area contributed by atoms with Gasteiger partial charge < -0.3 is 10.3 Å². The van der Waals surface area contributed by atoms with Crippen molar-refractivity contribution in [3.63, 3.8) is 0 Å². The lowest BCUT2D eigenvalue weighted by Gasteiger charge is -2.24. The lowest BCUT2D eigenvalue weighted by Crippen LogP contribution is -2.34. The molecule has 0 saturated heterocycles. The molecule has 2 fully saturated rings. The molecule has 2 aliphatic carbocycles. The van der Waals surface area contributed by atoms with E-state index in [2.05, 4.69) is 26.1 Å². The van der Waals surface area contributed by atoms with E-state index in [-0.39, 0.29) is 17.8 Å². The van der Waals surface area contributed by atoms with Gasteiger partial charge >= 0.3 is 0 Å². The highest BCUT2D eigenvalue weighted by molar-refractivity contribution is 9.10. The topological polar surface area (TPSA) is 64.9 Å². The van der Waals surface area contributed by atoms with Crippen molar-refractivity contribution in [3.8, 4) is 11.4 Å². The summed E-state index contributed by atoms with van der Waals surface area (Å²) in [6, 6.07) is 4.54. The van der Waals surface area contributed by atoms with E-state index in [1.807, 2.05) is 0 Å². The Kier molecular flexibility index (Phi) is 3.11. The minimum atomic E-state index is -0.323. The molecule has 1 aromatic heterocycles. The lowest BCUT2D eigenvalue weighted by atomic mass is 9.85. The Labute approximate surface area is 130 Å². The molecule has 4 unspecified atom stereocenters. The van der Waals surface area contributed by atoms with Gasteiger partial charge in [-0.25, -0.2) is 4.39 Å². The van der Waals surface area contributed by atoms with Crippen LogP contribution in [0.1, 0.15) is 31.1 Å². The molecule has 2 bridgehead atoms. The summed E-state index contributed by atoms with van der Waals surface area (Å²) in [5.41, 5.74) is 6.90. The summed E-state index contributed by atoms with van der Waals surface area (Å²) < 4.78 is 19.6. The fourth-order valence-corrected chi connectivity index (χ4v) is 4.28. The molecule has 2 aliphatic rings. The maximum Gasteiger partial charge on any atom is 0.231 e. The van der Waals surface area contributed by atoms with Gasteiger partial charge in [-0.2, -0.15) is 4.98 Å². The van der Waals surface area contributed by atoms with Crippen LogP contribution < -0.4 is 5.73 Å². The Bertz CT molecular complexity index is 687. The molecule has 2 saturated carbocycles. The predicted molar refractivity (Wildman–Crippen MR) is 78.9 cm³/mol. The lowest BCUT2D eigenvalue weighted by molar-refractivity contribution is 0.279. The van der Waals surface area contributed by atoms with Crippen LogP contribution in [0.2, 0.25) is 0 Å². The molecule has 110 valence electrons. The number of hydrogen-bond acceptors (Lipinski definition) is 4. The van der Waals surface area contributed by atoms with Crippen molar-refractivity contribution in [2.24, 2.45) is 17.6 Å². The molecule has 0 amide bonds. The monoisotopic (exact) mass is 351 g/mol. The van der Waals surface area contributed by atoms with Gasteiger partial charge in [-0.05, 0) is 49.3 Å². The van der Waals surface area contributed by atoms with Crippen LogP contribution in [0, 0.1) is 17.7 Å². The van der Waals surface area contributed by atoms with Crippen LogP contribution in [0.5, 0.6) is 0 Å². The zero-order chi connectivity index (χ0) is 14.6. The Hall–Kier alpha value is -1.27. The summed E-state index contributed by atoms with van der Waals surface area (Å²) in [7, 11) is 0. The van der Waals surface area contributed by atoms with E-state index in [1.54, 1.807) is 6.07 Å². The molecule has 4 nitrogen and oxygen atoms in total. The normalized spacial score (nSPS) is 31.0. The molecule has 0 radical (unpaired) electrons. The molecule has 1 heterocycles. The minimum Gasteiger partial charge on any atom is -0.339 e. The molecule has 4 atom stereocenters. The molecule has 21 heavy (non-hydrogen) atoms. The van der Waals surface area contributed by atoms with E-state index in [0.29, 0.717) is 29.1 Å². The number of hydrogen-bond donors (Lipinski definition) is 1. The first-order valence-corrected chi connectivity index (χ1v) is 7.97. The highest BCUT2D eigenvalue weighted by atomic mass is 79.9. The summed E-state index contributed by atoms with van der Waals surface area (Å²) >= 11 is 3.39. The zero-order valence-electron chi connectivity index (χ0n) is 11.3. The summed E-state index contributed by atoms with van der Waals surface area (Å²) in [5.74, 6) is 1.96. The van der Waals surface area contributed by atoms with Gasteiger partial charge in [0.1, 0.15) is 5.82 Å². The molecule has 2 aromatic rings. The van der Waals surface area contributed by atoms with Crippen LogP contribution in [-0.2, 0) is 0 Å². The highest BCUT2D eigenvalue weighted by Crippen LogP contribution is 2.51. The SMILES string of the molecule is NC1C2CCC(C2)C1c1nc(-c2cc(F)ccc2Br)no1. The number of nitrogens with zero attached hydrogens (tertiary/aromatic N) is 2. The Morgan fingerprint density at radius 1 is 1.29 bits per heavy atom. The number of rotatable bonds is 2. The quantitative estimate of drug-likeness (QED) is 0.899. The second-order valence-corrected chi connectivity index (χ2v) is 6.87. The number of halogens is 2.